The van der Waals surface area contributed by atoms with Crippen molar-refractivity contribution in [2.24, 2.45) is 5.73 Å². The molecule has 0 spiro atoms. The summed E-state index contributed by atoms with van der Waals surface area (Å²) in [5.41, 5.74) is 9.62. The van der Waals surface area contributed by atoms with Crippen molar-refractivity contribution in [3.63, 3.8) is 0 Å². The molecule has 0 heterocycles. The van der Waals surface area contributed by atoms with E-state index in [1.807, 2.05) is 0 Å². The van der Waals surface area contributed by atoms with Gasteiger partial charge < -0.3 is 10.6 Å². The van der Waals surface area contributed by atoms with E-state index in [1.165, 1.54) is 29.7 Å². The normalized spacial score (nSPS) is 10.5. The summed E-state index contributed by atoms with van der Waals surface area (Å²) in [5, 5.41) is 0. The molecule has 0 aliphatic rings. The molecule has 0 fully saturated rings. The Hall–Kier alpha value is -1.02. The second-order valence-corrected chi connectivity index (χ2v) is 4.31. The molecule has 0 saturated heterocycles. The van der Waals surface area contributed by atoms with Crippen LogP contribution in [0.15, 0.2) is 18.2 Å². The molecule has 0 radical (unpaired) electrons. The second-order valence-electron chi connectivity index (χ2n) is 4.31. The first-order chi connectivity index (χ1) is 7.72. The third-order valence-electron chi connectivity index (χ3n) is 2.84. The molecule has 0 bridgehead atoms. The molecule has 0 saturated carbocycles. The number of anilines is 1. The lowest BCUT2D eigenvalue weighted by Gasteiger charge is -2.26. The molecule has 1 aromatic carbocycles. The van der Waals surface area contributed by atoms with E-state index in [1.54, 1.807) is 0 Å². The molecule has 0 aliphatic carbocycles. The number of aryl methyl sites for hydroxylation is 1. The van der Waals surface area contributed by atoms with Crippen LogP contribution in [0.2, 0.25) is 0 Å². The van der Waals surface area contributed by atoms with Gasteiger partial charge in [-0.2, -0.15) is 0 Å². The van der Waals surface area contributed by atoms with Crippen molar-refractivity contribution >= 4 is 5.69 Å². The van der Waals surface area contributed by atoms with Gasteiger partial charge in [-0.15, -0.1) is 0 Å². The minimum absolute atomic E-state index is 0.624. The predicted molar refractivity (Wildman–Crippen MR) is 71.9 cm³/mol. The Kier molecular flexibility index (Phi) is 5.33. The summed E-state index contributed by atoms with van der Waals surface area (Å²) in [6.07, 6.45) is 2.37. The molecule has 2 heteroatoms. The lowest BCUT2D eigenvalue weighted by Crippen LogP contribution is -2.25. The summed E-state index contributed by atoms with van der Waals surface area (Å²) < 4.78 is 0. The minimum atomic E-state index is 0.624. The molecule has 0 amide bonds. The zero-order valence-corrected chi connectivity index (χ0v) is 10.8. The molecule has 1 rings (SSSR count). The largest absolute Gasteiger partial charge is 0.371 e. The summed E-state index contributed by atoms with van der Waals surface area (Å²) in [6.45, 7) is 9.51. The highest BCUT2D eigenvalue weighted by molar-refractivity contribution is 5.55. The summed E-state index contributed by atoms with van der Waals surface area (Å²) in [6, 6.07) is 6.53. The Bertz CT molecular complexity index is 315. The number of benzene rings is 1. The van der Waals surface area contributed by atoms with E-state index >= 15 is 0 Å². The van der Waals surface area contributed by atoms with Gasteiger partial charge in [0.15, 0.2) is 0 Å². The van der Waals surface area contributed by atoms with Gasteiger partial charge in [0.25, 0.3) is 0 Å². The SMILES string of the molecule is CCCN(CCC)c1cc(CN)ccc1C. The maximum atomic E-state index is 5.70. The fourth-order valence-corrected chi connectivity index (χ4v) is 2.02. The number of rotatable bonds is 6. The molecule has 16 heavy (non-hydrogen) atoms. The summed E-state index contributed by atoms with van der Waals surface area (Å²) in [4.78, 5) is 2.47. The van der Waals surface area contributed by atoms with Gasteiger partial charge in [0, 0.05) is 25.3 Å². The van der Waals surface area contributed by atoms with Crippen LogP contribution in [0.25, 0.3) is 0 Å². The Labute approximate surface area is 99.5 Å². The van der Waals surface area contributed by atoms with Crippen molar-refractivity contribution in [3.8, 4) is 0 Å². The standard InChI is InChI=1S/C14H24N2/c1-4-8-16(9-5-2)14-10-13(11-15)7-6-12(14)3/h6-7,10H,4-5,8-9,11,15H2,1-3H3. The first kappa shape index (κ1) is 13.0. The maximum Gasteiger partial charge on any atom is 0.0399 e. The van der Waals surface area contributed by atoms with Crippen LogP contribution in [0, 0.1) is 6.92 Å². The van der Waals surface area contributed by atoms with Gasteiger partial charge in [0.1, 0.15) is 0 Å². The van der Waals surface area contributed by atoms with Gasteiger partial charge in [0.2, 0.25) is 0 Å². The second kappa shape index (κ2) is 6.54. The van der Waals surface area contributed by atoms with E-state index in [0.29, 0.717) is 6.54 Å². The molecule has 0 aliphatic heterocycles. The quantitative estimate of drug-likeness (QED) is 0.798. The Balaban J connectivity index is 2.96. The fraction of sp³-hybridized carbons (Fsp3) is 0.571. The number of nitrogens with zero attached hydrogens (tertiary/aromatic N) is 1. The number of hydrogen-bond donors (Lipinski definition) is 1. The summed E-state index contributed by atoms with van der Waals surface area (Å²) in [5.74, 6) is 0. The first-order valence-electron chi connectivity index (χ1n) is 6.27. The highest BCUT2D eigenvalue weighted by atomic mass is 15.1. The van der Waals surface area contributed by atoms with Gasteiger partial charge in [-0.1, -0.05) is 26.0 Å². The maximum absolute atomic E-state index is 5.70. The highest BCUT2D eigenvalue weighted by Crippen LogP contribution is 2.22. The van der Waals surface area contributed by atoms with E-state index in [9.17, 15) is 0 Å². The van der Waals surface area contributed by atoms with Crippen LogP contribution in [0.3, 0.4) is 0 Å². The molecule has 1 aromatic rings. The van der Waals surface area contributed by atoms with Crippen LogP contribution in [0.4, 0.5) is 5.69 Å². The monoisotopic (exact) mass is 220 g/mol. The average molecular weight is 220 g/mol. The Morgan fingerprint density at radius 1 is 1.12 bits per heavy atom. The molecule has 0 aromatic heterocycles. The van der Waals surface area contributed by atoms with Gasteiger partial charge in [-0.3, -0.25) is 0 Å². The number of nitrogens with two attached hydrogens (primary N) is 1. The molecule has 0 unspecified atom stereocenters. The smallest absolute Gasteiger partial charge is 0.0399 e. The zero-order valence-electron chi connectivity index (χ0n) is 10.8. The molecular weight excluding hydrogens is 196 g/mol. The third kappa shape index (κ3) is 3.24. The lowest BCUT2D eigenvalue weighted by molar-refractivity contribution is 0.742. The van der Waals surface area contributed by atoms with Crippen LogP contribution in [0.5, 0.6) is 0 Å². The van der Waals surface area contributed by atoms with Crippen LogP contribution < -0.4 is 10.6 Å². The van der Waals surface area contributed by atoms with Gasteiger partial charge >= 0.3 is 0 Å². The van der Waals surface area contributed by atoms with E-state index in [0.717, 1.165) is 13.1 Å². The predicted octanol–water partition coefficient (Wildman–Crippen LogP) is 3.08. The van der Waals surface area contributed by atoms with Gasteiger partial charge in [-0.05, 0) is 37.0 Å². The highest BCUT2D eigenvalue weighted by Gasteiger charge is 2.07. The van der Waals surface area contributed by atoms with Gasteiger partial charge in [0.05, 0.1) is 0 Å². The van der Waals surface area contributed by atoms with Crippen molar-refractivity contribution in [3.05, 3.63) is 29.3 Å². The van der Waals surface area contributed by atoms with Crippen molar-refractivity contribution in [1.82, 2.24) is 0 Å². The van der Waals surface area contributed by atoms with Gasteiger partial charge in [-0.25, -0.2) is 0 Å². The van der Waals surface area contributed by atoms with Crippen molar-refractivity contribution < 1.29 is 0 Å². The van der Waals surface area contributed by atoms with E-state index in [4.69, 9.17) is 5.73 Å². The molecule has 2 nitrogen and oxygen atoms in total. The van der Waals surface area contributed by atoms with E-state index < -0.39 is 0 Å². The lowest BCUT2D eigenvalue weighted by atomic mass is 10.1. The topological polar surface area (TPSA) is 29.3 Å². The first-order valence-corrected chi connectivity index (χ1v) is 6.27. The molecule has 90 valence electrons. The van der Waals surface area contributed by atoms with Crippen LogP contribution >= 0.6 is 0 Å². The Morgan fingerprint density at radius 3 is 2.25 bits per heavy atom. The summed E-state index contributed by atoms with van der Waals surface area (Å²) in [7, 11) is 0. The third-order valence-corrected chi connectivity index (χ3v) is 2.84. The van der Waals surface area contributed by atoms with Crippen molar-refractivity contribution in [2.75, 3.05) is 18.0 Å². The number of hydrogen-bond acceptors (Lipinski definition) is 2. The van der Waals surface area contributed by atoms with Crippen LogP contribution in [0.1, 0.15) is 37.8 Å². The van der Waals surface area contributed by atoms with E-state index in [-0.39, 0.29) is 0 Å². The van der Waals surface area contributed by atoms with Crippen molar-refractivity contribution in [1.29, 1.82) is 0 Å². The minimum Gasteiger partial charge on any atom is -0.371 e. The molecular formula is C14H24N2. The molecule has 2 N–H and O–H groups in total. The summed E-state index contributed by atoms with van der Waals surface area (Å²) >= 11 is 0. The fourth-order valence-electron chi connectivity index (χ4n) is 2.02. The van der Waals surface area contributed by atoms with Crippen LogP contribution in [-0.4, -0.2) is 13.1 Å². The van der Waals surface area contributed by atoms with E-state index in [2.05, 4.69) is 43.9 Å². The van der Waals surface area contributed by atoms with Crippen LogP contribution in [-0.2, 0) is 6.54 Å². The zero-order chi connectivity index (χ0) is 12.0. The molecule has 0 atom stereocenters. The Morgan fingerprint density at radius 2 is 1.75 bits per heavy atom. The van der Waals surface area contributed by atoms with Crippen molar-refractivity contribution in [2.45, 2.75) is 40.2 Å². The average Bonchev–Trinajstić information content (AvgIpc) is 2.29.